The molecule has 0 aliphatic heterocycles. The first-order valence-corrected chi connectivity index (χ1v) is 6.81. The molecule has 2 rings (SSSR count). The van der Waals surface area contributed by atoms with Gasteiger partial charge >= 0.3 is 0 Å². The predicted molar refractivity (Wildman–Crippen MR) is 77.9 cm³/mol. The fourth-order valence-electron chi connectivity index (χ4n) is 1.94. The third-order valence-electron chi connectivity index (χ3n) is 3.04. The van der Waals surface area contributed by atoms with Crippen LogP contribution >= 0.6 is 0 Å². The first kappa shape index (κ1) is 14.3. The second kappa shape index (κ2) is 7.45. The minimum Gasteiger partial charge on any atom is -0.351 e. The van der Waals surface area contributed by atoms with Crippen molar-refractivity contribution in [2.75, 3.05) is 6.54 Å². The Labute approximate surface area is 119 Å². The van der Waals surface area contributed by atoms with Crippen molar-refractivity contribution in [2.24, 2.45) is 0 Å². The van der Waals surface area contributed by atoms with Crippen molar-refractivity contribution in [3.05, 3.63) is 54.1 Å². The molecular weight excluding hydrogens is 252 g/mol. The number of hydrogen-bond acceptors (Lipinski definition) is 3. The van der Waals surface area contributed by atoms with Crippen LogP contribution in [-0.2, 0) is 24.4 Å². The molecule has 2 N–H and O–H groups in total. The molecule has 0 fully saturated rings. The highest BCUT2D eigenvalue weighted by molar-refractivity contribution is 5.77. The number of aromatic nitrogens is 2. The summed E-state index contributed by atoms with van der Waals surface area (Å²) in [6, 6.07) is 9.87. The lowest BCUT2D eigenvalue weighted by atomic mass is 10.2. The molecule has 0 saturated carbocycles. The van der Waals surface area contributed by atoms with Gasteiger partial charge in [-0.25, -0.2) is 4.98 Å². The van der Waals surface area contributed by atoms with Gasteiger partial charge in [0.05, 0.1) is 13.1 Å². The van der Waals surface area contributed by atoms with Crippen LogP contribution in [0.3, 0.4) is 0 Å². The van der Waals surface area contributed by atoms with E-state index in [-0.39, 0.29) is 5.91 Å². The Hall–Kier alpha value is -2.14. The van der Waals surface area contributed by atoms with E-state index in [4.69, 9.17) is 0 Å². The summed E-state index contributed by atoms with van der Waals surface area (Å²) in [6.07, 6.45) is 3.71. The molecule has 1 aromatic heterocycles. The zero-order valence-corrected chi connectivity index (χ0v) is 11.7. The van der Waals surface area contributed by atoms with Crippen molar-refractivity contribution in [2.45, 2.75) is 26.6 Å². The van der Waals surface area contributed by atoms with Crippen molar-refractivity contribution in [3.63, 3.8) is 0 Å². The molecule has 0 spiro atoms. The number of carbonyl (C=O) groups excluding carboxylic acids is 1. The van der Waals surface area contributed by atoms with Gasteiger partial charge in [0, 0.05) is 25.5 Å². The highest BCUT2D eigenvalue weighted by Gasteiger charge is 2.03. The number of nitrogens with zero attached hydrogens (tertiary/aromatic N) is 2. The lowest BCUT2D eigenvalue weighted by Gasteiger charge is -2.08. The van der Waals surface area contributed by atoms with Gasteiger partial charge in [-0.3, -0.25) is 4.79 Å². The van der Waals surface area contributed by atoms with Gasteiger partial charge < -0.3 is 15.2 Å². The van der Waals surface area contributed by atoms with Crippen LogP contribution in [0.1, 0.15) is 18.3 Å². The second-order valence-electron chi connectivity index (χ2n) is 4.50. The number of imidazole rings is 1. The molecule has 1 amide bonds. The number of benzene rings is 1. The molecular formula is C15H20N4O. The largest absolute Gasteiger partial charge is 0.351 e. The van der Waals surface area contributed by atoms with Crippen LogP contribution in [0.25, 0.3) is 0 Å². The summed E-state index contributed by atoms with van der Waals surface area (Å²) in [6.45, 7) is 4.41. The first-order valence-electron chi connectivity index (χ1n) is 6.81. The third-order valence-corrected chi connectivity index (χ3v) is 3.04. The lowest BCUT2D eigenvalue weighted by molar-refractivity contribution is -0.120. The van der Waals surface area contributed by atoms with Crippen molar-refractivity contribution in [3.8, 4) is 0 Å². The SMILES string of the molecule is CCn1ccnc1CNCC(=O)NCc1ccccc1. The number of nitrogens with one attached hydrogen (secondary N) is 2. The molecule has 2 aromatic rings. The molecule has 0 atom stereocenters. The zero-order valence-electron chi connectivity index (χ0n) is 11.7. The standard InChI is InChI=1S/C15H20N4O/c1-2-19-9-8-17-14(19)11-16-12-15(20)18-10-13-6-4-3-5-7-13/h3-9,16H,2,10-12H2,1H3,(H,18,20). The maximum Gasteiger partial charge on any atom is 0.234 e. The summed E-state index contributed by atoms with van der Waals surface area (Å²) in [4.78, 5) is 15.9. The summed E-state index contributed by atoms with van der Waals surface area (Å²) < 4.78 is 2.05. The van der Waals surface area contributed by atoms with Crippen molar-refractivity contribution < 1.29 is 4.79 Å². The van der Waals surface area contributed by atoms with Crippen LogP contribution in [-0.4, -0.2) is 22.0 Å². The second-order valence-corrected chi connectivity index (χ2v) is 4.50. The van der Waals surface area contributed by atoms with Gasteiger partial charge in [-0.05, 0) is 12.5 Å². The minimum absolute atomic E-state index is 0.0107. The Morgan fingerprint density at radius 3 is 2.80 bits per heavy atom. The quantitative estimate of drug-likeness (QED) is 0.799. The molecule has 1 heterocycles. The van der Waals surface area contributed by atoms with Gasteiger partial charge in [0.25, 0.3) is 0 Å². The molecule has 0 bridgehead atoms. The summed E-state index contributed by atoms with van der Waals surface area (Å²) in [5, 5.41) is 5.98. The van der Waals surface area contributed by atoms with E-state index in [9.17, 15) is 4.79 Å². The van der Waals surface area contributed by atoms with E-state index in [1.807, 2.05) is 36.5 Å². The van der Waals surface area contributed by atoms with Gasteiger partial charge in [0.15, 0.2) is 0 Å². The molecule has 20 heavy (non-hydrogen) atoms. The van der Waals surface area contributed by atoms with Crippen LogP contribution < -0.4 is 10.6 Å². The van der Waals surface area contributed by atoms with Gasteiger partial charge in [-0.1, -0.05) is 30.3 Å². The number of hydrogen-bond donors (Lipinski definition) is 2. The van der Waals surface area contributed by atoms with E-state index in [1.54, 1.807) is 6.20 Å². The Balaban J connectivity index is 1.68. The lowest BCUT2D eigenvalue weighted by Crippen LogP contribution is -2.33. The highest BCUT2D eigenvalue weighted by atomic mass is 16.1. The monoisotopic (exact) mass is 272 g/mol. The molecule has 0 saturated heterocycles. The van der Waals surface area contributed by atoms with E-state index in [0.29, 0.717) is 19.6 Å². The van der Waals surface area contributed by atoms with E-state index in [2.05, 4.69) is 27.1 Å². The third kappa shape index (κ3) is 4.20. The van der Waals surface area contributed by atoms with E-state index >= 15 is 0 Å². The molecule has 5 nitrogen and oxygen atoms in total. The maximum absolute atomic E-state index is 11.7. The minimum atomic E-state index is -0.0107. The number of amides is 1. The van der Waals surface area contributed by atoms with Gasteiger partial charge in [0.1, 0.15) is 5.82 Å². The first-order chi connectivity index (χ1) is 9.79. The average Bonchev–Trinajstić information content (AvgIpc) is 2.94. The highest BCUT2D eigenvalue weighted by Crippen LogP contribution is 1.97. The Kier molecular flexibility index (Phi) is 5.32. The summed E-state index contributed by atoms with van der Waals surface area (Å²) in [5.41, 5.74) is 1.10. The van der Waals surface area contributed by atoms with E-state index in [1.165, 1.54) is 0 Å². The number of aryl methyl sites for hydroxylation is 1. The fourth-order valence-corrected chi connectivity index (χ4v) is 1.94. The summed E-state index contributed by atoms with van der Waals surface area (Å²) in [7, 11) is 0. The van der Waals surface area contributed by atoms with Crippen LogP contribution in [0.15, 0.2) is 42.7 Å². The summed E-state index contributed by atoms with van der Waals surface area (Å²) in [5.74, 6) is 0.937. The van der Waals surface area contributed by atoms with Crippen LogP contribution in [0.4, 0.5) is 0 Å². The van der Waals surface area contributed by atoms with Gasteiger partial charge in [-0.2, -0.15) is 0 Å². The smallest absolute Gasteiger partial charge is 0.234 e. The van der Waals surface area contributed by atoms with Gasteiger partial charge in [-0.15, -0.1) is 0 Å². The zero-order chi connectivity index (χ0) is 14.2. The average molecular weight is 272 g/mol. The molecule has 0 radical (unpaired) electrons. The fraction of sp³-hybridized carbons (Fsp3) is 0.333. The van der Waals surface area contributed by atoms with Crippen molar-refractivity contribution in [1.82, 2.24) is 20.2 Å². The van der Waals surface area contributed by atoms with Crippen LogP contribution in [0.2, 0.25) is 0 Å². The summed E-state index contributed by atoms with van der Waals surface area (Å²) >= 11 is 0. The predicted octanol–water partition coefficient (Wildman–Crippen LogP) is 1.31. The molecule has 5 heteroatoms. The molecule has 0 aliphatic carbocycles. The van der Waals surface area contributed by atoms with Crippen molar-refractivity contribution in [1.29, 1.82) is 0 Å². The number of carbonyl (C=O) groups is 1. The molecule has 1 aromatic carbocycles. The van der Waals surface area contributed by atoms with Crippen LogP contribution in [0, 0.1) is 0 Å². The topological polar surface area (TPSA) is 59.0 Å². The Morgan fingerprint density at radius 2 is 2.05 bits per heavy atom. The molecule has 0 unspecified atom stereocenters. The van der Waals surface area contributed by atoms with Crippen LogP contribution in [0.5, 0.6) is 0 Å². The molecule has 0 aliphatic rings. The number of rotatable bonds is 7. The van der Waals surface area contributed by atoms with E-state index in [0.717, 1.165) is 17.9 Å². The molecule has 106 valence electrons. The maximum atomic E-state index is 11.7. The Morgan fingerprint density at radius 1 is 1.25 bits per heavy atom. The van der Waals surface area contributed by atoms with Gasteiger partial charge in [0.2, 0.25) is 5.91 Å². The van der Waals surface area contributed by atoms with E-state index < -0.39 is 0 Å². The normalized spacial score (nSPS) is 10.4. The van der Waals surface area contributed by atoms with Crippen molar-refractivity contribution >= 4 is 5.91 Å². The Bertz CT molecular complexity index is 536.